The lowest BCUT2D eigenvalue weighted by atomic mass is 9.95. The van der Waals surface area contributed by atoms with Crippen LogP contribution in [0.3, 0.4) is 0 Å². The third-order valence-electron chi connectivity index (χ3n) is 8.25. The third-order valence-corrected chi connectivity index (χ3v) is 9.28. The molecule has 196 valence electrons. The van der Waals surface area contributed by atoms with Crippen molar-refractivity contribution >= 4 is 32.3 Å². The minimum atomic E-state index is -2.90. The first-order chi connectivity index (χ1) is 17.6. The minimum Gasteiger partial charge on any atom is -0.353 e. The Morgan fingerprint density at radius 2 is 1.95 bits per heavy atom. The Kier molecular flexibility index (Phi) is 5.80. The van der Waals surface area contributed by atoms with E-state index in [0.717, 1.165) is 65.4 Å². The fourth-order valence-corrected chi connectivity index (χ4v) is 6.95. The van der Waals surface area contributed by atoms with E-state index in [1.807, 2.05) is 4.52 Å². The van der Waals surface area contributed by atoms with Gasteiger partial charge in [0.1, 0.15) is 22.0 Å². The summed E-state index contributed by atoms with van der Waals surface area (Å²) >= 11 is 0. The largest absolute Gasteiger partial charge is 0.353 e. The molecule has 6 rings (SSSR count). The van der Waals surface area contributed by atoms with E-state index in [0.29, 0.717) is 18.5 Å². The fraction of sp³-hybridized carbons (Fsp3) is 0.519. The van der Waals surface area contributed by atoms with Crippen molar-refractivity contribution in [1.29, 1.82) is 0 Å². The number of rotatable bonds is 7. The minimum absolute atomic E-state index is 0.263. The first kappa shape index (κ1) is 24.4. The summed E-state index contributed by atoms with van der Waals surface area (Å²) in [5, 5.41) is 4.40. The first-order valence-corrected chi connectivity index (χ1v) is 15.2. The number of aromatic amines is 1. The highest BCUT2D eigenvalue weighted by molar-refractivity contribution is 7.90. The lowest BCUT2D eigenvalue weighted by Crippen LogP contribution is -2.47. The summed E-state index contributed by atoms with van der Waals surface area (Å²) in [5.41, 5.74) is 8.75. The van der Waals surface area contributed by atoms with Crippen molar-refractivity contribution in [2.75, 3.05) is 36.5 Å². The predicted octanol–water partition coefficient (Wildman–Crippen LogP) is 3.71. The molecule has 0 amide bonds. The number of nitrogens with zero attached hydrogens (tertiary/aromatic N) is 6. The van der Waals surface area contributed by atoms with Crippen molar-refractivity contribution in [2.45, 2.75) is 58.5 Å². The highest BCUT2D eigenvalue weighted by Gasteiger charge is 2.43. The van der Waals surface area contributed by atoms with Gasteiger partial charge in [0.05, 0.1) is 22.5 Å². The zero-order valence-corrected chi connectivity index (χ0v) is 23.0. The molecule has 0 saturated carbocycles. The molecule has 0 aromatic carbocycles. The number of aryl methyl sites for hydroxylation is 1. The number of likely N-dealkylation sites (tertiary alicyclic amines) is 1. The molecule has 2 aliphatic heterocycles. The van der Waals surface area contributed by atoms with Gasteiger partial charge in [0, 0.05) is 48.8 Å². The number of hydrogen-bond donors (Lipinski definition) is 1. The van der Waals surface area contributed by atoms with Gasteiger partial charge in [-0.15, -0.1) is 0 Å². The Bertz CT molecular complexity index is 1600. The van der Waals surface area contributed by atoms with Crippen molar-refractivity contribution < 1.29 is 8.42 Å². The zero-order valence-electron chi connectivity index (χ0n) is 22.2. The Labute approximate surface area is 217 Å². The van der Waals surface area contributed by atoms with Crippen molar-refractivity contribution in [2.24, 2.45) is 0 Å². The fourth-order valence-electron chi connectivity index (χ4n) is 6.30. The summed E-state index contributed by atoms with van der Waals surface area (Å²) < 4.78 is 24.9. The summed E-state index contributed by atoms with van der Waals surface area (Å²) in [4.78, 5) is 18.2. The van der Waals surface area contributed by atoms with Crippen molar-refractivity contribution in [3.63, 3.8) is 0 Å². The summed E-state index contributed by atoms with van der Waals surface area (Å²) in [6.45, 7) is 11.5. The SMILES string of the molecule is Cc1c(-c2[nH]c3ccc(N4C[C@@H]5C[C@H]4CN5CCCS(C)(=O)=O)nc3c2C(C)C)cn2ncnc2c1C. The van der Waals surface area contributed by atoms with Crippen molar-refractivity contribution in [3.05, 3.63) is 41.3 Å². The summed E-state index contributed by atoms with van der Waals surface area (Å²) in [6, 6.07) is 5.20. The molecule has 6 heterocycles. The average Bonchev–Trinajstić information content (AvgIpc) is 3.61. The monoisotopic (exact) mass is 521 g/mol. The van der Waals surface area contributed by atoms with E-state index in [-0.39, 0.29) is 11.7 Å². The molecule has 0 unspecified atom stereocenters. The molecular weight excluding hydrogens is 486 g/mol. The number of anilines is 1. The van der Waals surface area contributed by atoms with Gasteiger partial charge in [0.15, 0.2) is 5.65 Å². The highest BCUT2D eigenvalue weighted by Crippen LogP contribution is 2.39. The lowest BCUT2D eigenvalue weighted by molar-refractivity contribution is 0.239. The standard InChI is InChI=1S/C27H35N7O2S/c1-16(2)24-25(21-14-34-27(28-15-29-34)18(4)17(21)3)30-22-7-8-23(31-26(22)24)33-13-19-11-20(33)12-32(19)9-6-10-37(5,35)36/h7-8,14-16,19-20,30H,6,9-13H2,1-5H3/t19-,20-/m0/s1. The molecule has 9 nitrogen and oxygen atoms in total. The van der Waals surface area contributed by atoms with E-state index < -0.39 is 9.84 Å². The molecular formula is C27H35N7O2S. The molecule has 2 aliphatic rings. The molecule has 1 N–H and O–H groups in total. The van der Waals surface area contributed by atoms with Gasteiger partial charge in [-0.25, -0.2) is 22.9 Å². The van der Waals surface area contributed by atoms with Gasteiger partial charge in [0.2, 0.25) is 0 Å². The second kappa shape index (κ2) is 8.80. The van der Waals surface area contributed by atoms with Gasteiger partial charge in [0.25, 0.3) is 0 Å². The number of piperazine rings is 1. The van der Waals surface area contributed by atoms with Gasteiger partial charge in [-0.05, 0) is 62.4 Å². The second-order valence-electron chi connectivity index (χ2n) is 11.1. The Hall–Kier alpha value is -2.98. The number of fused-ring (bicyclic) bond motifs is 4. The van der Waals surface area contributed by atoms with E-state index in [9.17, 15) is 8.42 Å². The molecule has 0 aliphatic carbocycles. The van der Waals surface area contributed by atoms with Crippen LogP contribution in [0.2, 0.25) is 0 Å². The number of pyridine rings is 2. The van der Waals surface area contributed by atoms with Gasteiger partial charge in [-0.2, -0.15) is 5.10 Å². The average molecular weight is 522 g/mol. The first-order valence-electron chi connectivity index (χ1n) is 13.1. The zero-order chi connectivity index (χ0) is 26.1. The summed E-state index contributed by atoms with van der Waals surface area (Å²) in [6.07, 6.45) is 6.81. The molecule has 10 heteroatoms. The maximum atomic E-state index is 11.5. The van der Waals surface area contributed by atoms with Gasteiger partial charge < -0.3 is 9.88 Å². The van der Waals surface area contributed by atoms with Crippen LogP contribution in [0.25, 0.3) is 27.9 Å². The van der Waals surface area contributed by atoms with Crippen LogP contribution in [-0.4, -0.2) is 81.6 Å². The Morgan fingerprint density at radius 1 is 1.14 bits per heavy atom. The third kappa shape index (κ3) is 4.20. The number of H-pyrrole nitrogens is 1. The van der Waals surface area contributed by atoms with Crippen LogP contribution < -0.4 is 4.90 Å². The lowest BCUT2D eigenvalue weighted by Gasteiger charge is -2.35. The van der Waals surface area contributed by atoms with E-state index in [4.69, 9.17) is 4.98 Å². The predicted molar refractivity (Wildman–Crippen MR) is 147 cm³/mol. The molecule has 2 saturated heterocycles. The maximum Gasteiger partial charge on any atom is 0.158 e. The van der Waals surface area contributed by atoms with E-state index in [1.165, 1.54) is 17.4 Å². The van der Waals surface area contributed by atoms with Crippen molar-refractivity contribution in [3.8, 4) is 11.3 Å². The quantitative estimate of drug-likeness (QED) is 0.396. The summed E-state index contributed by atoms with van der Waals surface area (Å²) in [5.74, 6) is 1.58. The second-order valence-corrected chi connectivity index (χ2v) is 13.4. The van der Waals surface area contributed by atoms with Gasteiger partial charge >= 0.3 is 0 Å². The molecule has 2 atom stereocenters. The van der Waals surface area contributed by atoms with E-state index in [1.54, 1.807) is 6.33 Å². The van der Waals surface area contributed by atoms with Crippen LogP contribution in [0.5, 0.6) is 0 Å². The molecule has 37 heavy (non-hydrogen) atoms. The van der Waals surface area contributed by atoms with Crippen LogP contribution in [0, 0.1) is 13.8 Å². The van der Waals surface area contributed by atoms with Crippen LogP contribution in [-0.2, 0) is 9.84 Å². The molecule has 2 bridgehead atoms. The number of aromatic nitrogens is 5. The normalized spacial score (nSPS) is 20.3. The Morgan fingerprint density at radius 3 is 2.65 bits per heavy atom. The topological polar surface area (TPSA) is 99.5 Å². The van der Waals surface area contributed by atoms with Crippen LogP contribution in [0.15, 0.2) is 24.7 Å². The number of nitrogens with one attached hydrogen (secondary N) is 1. The van der Waals surface area contributed by atoms with Crippen LogP contribution >= 0.6 is 0 Å². The smallest absolute Gasteiger partial charge is 0.158 e. The van der Waals surface area contributed by atoms with Crippen molar-refractivity contribution in [1.82, 2.24) is 29.5 Å². The van der Waals surface area contributed by atoms with E-state index >= 15 is 0 Å². The maximum absolute atomic E-state index is 11.5. The molecule has 2 fully saturated rings. The van der Waals surface area contributed by atoms with E-state index in [2.05, 4.69) is 70.9 Å². The summed E-state index contributed by atoms with van der Waals surface area (Å²) in [7, 11) is -2.90. The highest BCUT2D eigenvalue weighted by atomic mass is 32.2. The van der Waals surface area contributed by atoms with Gasteiger partial charge in [-0.1, -0.05) is 13.8 Å². The Balaban J connectivity index is 1.31. The van der Waals surface area contributed by atoms with Gasteiger partial charge in [-0.3, -0.25) is 4.90 Å². The molecule has 4 aromatic heterocycles. The van der Waals surface area contributed by atoms with Crippen LogP contribution in [0.1, 0.15) is 49.3 Å². The van der Waals surface area contributed by atoms with Crippen LogP contribution in [0.4, 0.5) is 5.82 Å². The molecule has 0 radical (unpaired) electrons. The molecule has 0 spiro atoms. The number of hydrogen-bond acceptors (Lipinski definition) is 7. The number of sulfone groups is 1. The molecule has 4 aromatic rings.